The van der Waals surface area contributed by atoms with Crippen LogP contribution in [-0.2, 0) is 9.84 Å². The van der Waals surface area contributed by atoms with Gasteiger partial charge in [-0.15, -0.1) is 0 Å². The van der Waals surface area contributed by atoms with Crippen molar-refractivity contribution in [2.24, 2.45) is 0 Å². The number of sulfone groups is 1. The van der Waals surface area contributed by atoms with Gasteiger partial charge in [0, 0.05) is 11.6 Å². The molecule has 2 fully saturated rings. The van der Waals surface area contributed by atoms with Crippen LogP contribution in [0.25, 0.3) is 11.1 Å². The van der Waals surface area contributed by atoms with Crippen molar-refractivity contribution in [2.75, 3.05) is 6.26 Å². The fourth-order valence-corrected chi connectivity index (χ4v) is 11.7. The second-order valence-electron chi connectivity index (χ2n) is 11.4. The fraction of sp³-hybridized carbons (Fsp3) is 0.613. The highest BCUT2D eigenvalue weighted by molar-refractivity contribution is 7.91. The van der Waals surface area contributed by atoms with E-state index in [4.69, 9.17) is 9.47 Å². The summed E-state index contributed by atoms with van der Waals surface area (Å²) in [6.45, 7) is 8.13. The Morgan fingerprint density at radius 2 is 1.19 bits per heavy atom. The number of ether oxygens (including phenoxy) is 2. The zero-order valence-electron chi connectivity index (χ0n) is 23.3. The molecular formula is C31H45O4PS. The lowest BCUT2D eigenvalue weighted by molar-refractivity contribution is 0.231. The van der Waals surface area contributed by atoms with E-state index in [1.54, 1.807) is 0 Å². The first kappa shape index (κ1) is 28.4. The molecule has 2 saturated carbocycles. The number of hydrogen-bond donors (Lipinski definition) is 0. The third kappa shape index (κ3) is 6.90. The predicted molar refractivity (Wildman–Crippen MR) is 157 cm³/mol. The highest BCUT2D eigenvalue weighted by Gasteiger charge is 2.37. The van der Waals surface area contributed by atoms with Crippen LogP contribution in [-0.4, -0.2) is 38.2 Å². The summed E-state index contributed by atoms with van der Waals surface area (Å²) in [6.07, 6.45) is 13.8. The number of hydrogen-bond acceptors (Lipinski definition) is 4. The summed E-state index contributed by atoms with van der Waals surface area (Å²) in [5.74, 6) is 1.53. The van der Waals surface area contributed by atoms with Crippen molar-refractivity contribution < 1.29 is 17.9 Å². The maximum atomic E-state index is 13.4. The molecule has 0 radical (unpaired) electrons. The van der Waals surface area contributed by atoms with Gasteiger partial charge in [0.1, 0.15) is 11.5 Å². The highest BCUT2D eigenvalue weighted by atomic mass is 32.2. The van der Waals surface area contributed by atoms with E-state index in [9.17, 15) is 8.42 Å². The van der Waals surface area contributed by atoms with Crippen molar-refractivity contribution in [1.82, 2.24) is 0 Å². The average Bonchev–Trinajstić information content (AvgIpc) is 2.85. The predicted octanol–water partition coefficient (Wildman–Crippen LogP) is 8.10. The van der Waals surface area contributed by atoms with Crippen LogP contribution >= 0.6 is 7.92 Å². The van der Waals surface area contributed by atoms with Crippen molar-refractivity contribution >= 4 is 23.1 Å². The Morgan fingerprint density at radius 1 is 0.730 bits per heavy atom. The SMILES string of the molecule is CC(C)Oc1cccc(OC(C)C)c1-c1cccc(S(C)(=O)=O)c1P(C1CCCCC1)C1CCCCC1. The summed E-state index contributed by atoms with van der Waals surface area (Å²) < 4.78 is 39.5. The van der Waals surface area contributed by atoms with E-state index in [1.807, 2.05) is 58.0 Å². The van der Waals surface area contributed by atoms with Gasteiger partial charge in [-0.2, -0.15) is 0 Å². The molecule has 0 aliphatic heterocycles. The molecule has 0 N–H and O–H groups in total. The summed E-state index contributed by atoms with van der Waals surface area (Å²) in [7, 11) is -4.10. The maximum absolute atomic E-state index is 13.4. The van der Waals surface area contributed by atoms with E-state index in [-0.39, 0.29) is 12.2 Å². The first-order valence-electron chi connectivity index (χ1n) is 14.2. The molecule has 0 unspecified atom stereocenters. The van der Waals surface area contributed by atoms with Gasteiger partial charge in [0.25, 0.3) is 0 Å². The number of rotatable bonds is 9. The van der Waals surface area contributed by atoms with E-state index in [1.165, 1.54) is 70.5 Å². The topological polar surface area (TPSA) is 52.6 Å². The molecule has 2 aromatic rings. The van der Waals surface area contributed by atoms with Crippen molar-refractivity contribution in [2.45, 2.75) is 120 Å². The third-order valence-corrected chi connectivity index (χ3v) is 12.5. The molecule has 0 atom stereocenters. The molecule has 6 heteroatoms. The van der Waals surface area contributed by atoms with Crippen LogP contribution in [0.4, 0.5) is 0 Å². The van der Waals surface area contributed by atoms with Gasteiger partial charge in [-0.1, -0.05) is 64.6 Å². The van der Waals surface area contributed by atoms with Gasteiger partial charge in [0.05, 0.1) is 22.7 Å². The van der Waals surface area contributed by atoms with Gasteiger partial charge in [-0.05, 0) is 88.5 Å². The second kappa shape index (κ2) is 12.5. The summed E-state index contributed by atoms with van der Waals surface area (Å²) in [4.78, 5) is 0.516. The zero-order valence-corrected chi connectivity index (χ0v) is 25.0. The molecule has 2 aliphatic rings. The van der Waals surface area contributed by atoms with Gasteiger partial charge in [-0.25, -0.2) is 8.42 Å². The minimum atomic E-state index is -3.42. The normalized spacial score (nSPS) is 18.1. The van der Waals surface area contributed by atoms with E-state index in [0.29, 0.717) is 16.2 Å². The Balaban J connectivity index is 2.02. The van der Waals surface area contributed by atoms with Gasteiger partial charge in [0.15, 0.2) is 9.84 Å². The van der Waals surface area contributed by atoms with Crippen LogP contribution in [0.3, 0.4) is 0 Å². The van der Waals surface area contributed by atoms with Gasteiger partial charge in [0.2, 0.25) is 0 Å². The molecule has 204 valence electrons. The Bertz CT molecular complexity index is 1100. The Morgan fingerprint density at radius 3 is 1.62 bits per heavy atom. The van der Waals surface area contributed by atoms with Crippen LogP contribution in [0.15, 0.2) is 41.3 Å². The smallest absolute Gasteiger partial charge is 0.176 e. The Kier molecular flexibility index (Phi) is 9.62. The second-order valence-corrected chi connectivity index (χ2v) is 16.1. The van der Waals surface area contributed by atoms with Crippen LogP contribution in [0.2, 0.25) is 0 Å². The van der Waals surface area contributed by atoms with Crippen molar-refractivity contribution in [3.8, 4) is 22.6 Å². The third-order valence-electron chi connectivity index (χ3n) is 7.58. The molecule has 2 aliphatic carbocycles. The largest absolute Gasteiger partial charge is 0.490 e. The standard InChI is InChI=1S/C31H45O4PS/c1-22(2)34-27-19-13-20-28(35-23(3)4)30(27)26-18-12-21-29(37(5,32)33)31(26)36(24-14-8-6-9-15-24)25-16-10-7-11-17-25/h12-13,18-25H,6-11,14-17H2,1-5H3. The molecule has 4 nitrogen and oxygen atoms in total. The lowest BCUT2D eigenvalue weighted by Crippen LogP contribution is -2.30. The van der Waals surface area contributed by atoms with Crippen molar-refractivity contribution in [1.29, 1.82) is 0 Å². The summed E-state index contributed by atoms with van der Waals surface area (Å²) >= 11 is 0. The molecular weight excluding hydrogens is 499 g/mol. The van der Waals surface area contributed by atoms with Crippen molar-refractivity contribution in [3.63, 3.8) is 0 Å². The minimum Gasteiger partial charge on any atom is -0.490 e. The number of benzene rings is 2. The minimum absolute atomic E-state index is 0.00668. The Labute approximate surface area is 226 Å². The molecule has 0 amide bonds. The van der Waals surface area contributed by atoms with E-state index < -0.39 is 17.8 Å². The summed E-state index contributed by atoms with van der Waals surface area (Å²) in [5.41, 5.74) is 3.05. The summed E-state index contributed by atoms with van der Waals surface area (Å²) in [5, 5.41) is 1.08. The first-order valence-corrected chi connectivity index (χ1v) is 17.6. The van der Waals surface area contributed by atoms with Gasteiger partial charge < -0.3 is 9.47 Å². The molecule has 0 spiro atoms. The van der Waals surface area contributed by atoms with E-state index >= 15 is 0 Å². The summed E-state index contributed by atoms with van der Waals surface area (Å²) in [6, 6.07) is 11.9. The molecule has 2 aromatic carbocycles. The van der Waals surface area contributed by atoms with Crippen LogP contribution in [0, 0.1) is 0 Å². The monoisotopic (exact) mass is 544 g/mol. The van der Waals surface area contributed by atoms with E-state index in [0.717, 1.165) is 27.9 Å². The maximum Gasteiger partial charge on any atom is 0.176 e. The van der Waals surface area contributed by atoms with Crippen molar-refractivity contribution in [3.05, 3.63) is 36.4 Å². The fourth-order valence-electron chi connectivity index (χ4n) is 6.15. The quantitative estimate of drug-likeness (QED) is 0.299. The zero-order chi connectivity index (χ0) is 26.6. The highest BCUT2D eigenvalue weighted by Crippen LogP contribution is 2.58. The molecule has 4 rings (SSSR count). The average molecular weight is 545 g/mol. The van der Waals surface area contributed by atoms with Gasteiger partial charge in [-0.3, -0.25) is 0 Å². The van der Waals surface area contributed by atoms with Crippen LogP contribution < -0.4 is 14.8 Å². The van der Waals surface area contributed by atoms with Crippen LogP contribution in [0.5, 0.6) is 11.5 Å². The first-order chi connectivity index (χ1) is 17.7. The molecule has 0 aromatic heterocycles. The molecule has 0 bridgehead atoms. The lowest BCUT2D eigenvalue weighted by atomic mass is 9.99. The van der Waals surface area contributed by atoms with Crippen LogP contribution in [0.1, 0.15) is 91.9 Å². The lowest BCUT2D eigenvalue weighted by Gasteiger charge is -2.40. The van der Waals surface area contributed by atoms with Gasteiger partial charge >= 0.3 is 0 Å². The molecule has 0 heterocycles. The van der Waals surface area contributed by atoms with E-state index in [2.05, 4.69) is 6.07 Å². The molecule has 37 heavy (non-hydrogen) atoms. The molecule has 0 saturated heterocycles. The Hall–Kier alpha value is -1.58.